The van der Waals surface area contributed by atoms with Gasteiger partial charge in [0.1, 0.15) is 17.1 Å². The molecule has 0 saturated carbocycles. The van der Waals surface area contributed by atoms with Crippen molar-refractivity contribution in [3.05, 3.63) is 34.9 Å². The van der Waals surface area contributed by atoms with E-state index in [4.69, 9.17) is 4.74 Å². The van der Waals surface area contributed by atoms with Gasteiger partial charge in [-0.2, -0.15) is 0 Å². The topological polar surface area (TPSA) is 29.5 Å². The van der Waals surface area contributed by atoms with Gasteiger partial charge in [-0.3, -0.25) is 0 Å². The molecule has 0 amide bonds. The molecule has 1 aliphatic carbocycles. The molecule has 0 fully saturated rings. The van der Waals surface area contributed by atoms with E-state index in [0.717, 1.165) is 12.8 Å². The molecule has 0 spiro atoms. The summed E-state index contributed by atoms with van der Waals surface area (Å²) in [6, 6.07) is 2.69. The van der Waals surface area contributed by atoms with E-state index in [0.29, 0.717) is 24.2 Å². The van der Waals surface area contributed by atoms with Gasteiger partial charge in [-0.05, 0) is 52.2 Å². The van der Waals surface area contributed by atoms with E-state index in [1.54, 1.807) is 0 Å². The van der Waals surface area contributed by atoms with Crippen LogP contribution in [0.3, 0.4) is 0 Å². The molecule has 0 bridgehead atoms. The van der Waals surface area contributed by atoms with Gasteiger partial charge in [-0.1, -0.05) is 25.0 Å². The third-order valence-electron chi connectivity index (χ3n) is 5.73. The molecule has 0 aromatic heterocycles. The SMILES string of the molecule is CCCCC(F)(F)c1cc(O)c2c(c1)OC(C)(C)C1CCC(C)=C[C@@H]21. The van der Waals surface area contributed by atoms with Crippen molar-refractivity contribution in [1.82, 2.24) is 0 Å². The van der Waals surface area contributed by atoms with Gasteiger partial charge in [-0.15, -0.1) is 0 Å². The lowest BCUT2D eigenvalue weighted by atomic mass is 9.68. The summed E-state index contributed by atoms with van der Waals surface area (Å²) in [4.78, 5) is 0. The molecule has 0 radical (unpaired) electrons. The molecule has 25 heavy (non-hydrogen) atoms. The summed E-state index contributed by atoms with van der Waals surface area (Å²) in [5.41, 5.74) is 1.35. The van der Waals surface area contributed by atoms with E-state index in [-0.39, 0.29) is 29.6 Å². The van der Waals surface area contributed by atoms with Crippen molar-refractivity contribution in [2.24, 2.45) is 5.92 Å². The first-order valence-electron chi connectivity index (χ1n) is 9.27. The molecule has 4 heteroatoms. The van der Waals surface area contributed by atoms with E-state index in [2.05, 4.69) is 13.0 Å². The standard InChI is InChI=1S/C21H28F2O2/c1-5-6-9-21(22,23)14-11-17(24)19-15-10-13(2)7-8-16(15)20(3,4)25-18(19)12-14/h10-12,15-16,24H,5-9H2,1-4H3/t15-,16?/m1/s1. The molecular weight excluding hydrogens is 322 g/mol. The van der Waals surface area contributed by atoms with Gasteiger partial charge in [-0.25, -0.2) is 8.78 Å². The maximum Gasteiger partial charge on any atom is 0.273 e. The van der Waals surface area contributed by atoms with Crippen LogP contribution in [0.15, 0.2) is 23.8 Å². The van der Waals surface area contributed by atoms with Gasteiger partial charge in [0.25, 0.3) is 5.92 Å². The fraction of sp³-hybridized carbons (Fsp3) is 0.619. The minimum Gasteiger partial charge on any atom is -0.507 e. The number of ether oxygens (including phenoxy) is 1. The van der Waals surface area contributed by atoms with Crippen molar-refractivity contribution < 1.29 is 18.6 Å². The lowest BCUT2D eigenvalue weighted by molar-refractivity contribution is -0.0181. The fourth-order valence-corrected chi connectivity index (χ4v) is 4.28. The number of allylic oxidation sites excluding steroid dienone is 2. The number of phenols is 1. The normalized spacial score (nSPS) is 24.8. The highest BCUT2D eigenvalue weighted by Crippen LogP contribution is 2.54. The van der Waals surface area contributed by atoms with Crippen LogP contribution in [-0.2, 0) is 5.92 Å². The highest BCUT2D eigenvalue weighted by molar-refractivity contribution is 5.54. The number of hydrogen-bond acceptors (Lipinski definition) is 2. The van der Waals surface area contributed by atoms with Crippen LogP contribution in [0.4, 0.5) is 8.78 Å². The zero-order valence-electron chi connectivity index (χ0n) is 15.5. The van der Waals surface area contributed by atoms with E-state index in [1.165, 1.54) is 17.7 Å². The van der Waals surface area contributed by atoms with Gasteiger partial charge in [0.2, 0.25) is 0 Å². The number of halogens is 2. The van der Waals surface area contributed by atoms with Gasteiger partial charge in [0.15, 0.2) is 0 Å². The first-order valence-corrected chi connectivity index (χ1v) is 9.27. The van der Waals surface area contributed by atoms with Crippen LogP contribution >= 0.6 is 0 Å². The number of rotatable bonds is 4. The Bertz CT molecular complexity index is 691. The first kappa shape index (κ1) is 18.2. The Labute approximate surface area is 148 Å². The molecule has 138 valence electrons. The number of unbranched alkanes of at least 4 members (excludes halogenated alkanes) is 1. The molecule has 3 rings (SSSR count). The Morgan fingerprint density at radius 3 is 2.72 bits per heavy atom. The maximum atomic E-state index is 14.5. The number of benzene rings is 1. The molecule has 2 nitrogen and oxygen atoms in total. The molecule has 1 aliphatic heterocycles. The van der Waals surface area contributed by atoms with Gasteiger partial charge < -0.3 is 9.84 Å². The molecule has 1 heterocycles. The minimum atomic E-state index is -2.95. The van der Waals surface area contributed by atoms with Crippen molar-refractivity contribution in [2.75, 3.05) is 0 Å². The zero-order chi connectivity index (χ0) is 18.4. The smallest absolute Gasteiger partial charge is 0.273 e. The molecule has 0 saturated heterocycles. The molecular formula is C21H28F2O2. The number of hydrogen-bond donors (Lipinski definition) is 1. The van der Waals surface area contributed by atoms with Crippen LogP contribution < -0.4 is 4.74 Å². The highest BCUT2D eigenvalue weighted by Gasteiger charge is 2.46. The Hall–Kier alpha value is -1.58. The van der Waals surface area contributed by atoms with Crippen molar-refractivity contribution in [2.45, 2.75) is 77.2 Å². The largest absolute Gasteiger partial charge is 0.507 e. The quantitative estimate of drug-likeness (QED) is 0.647. The molecule has 1 aromatic rings. The third-order valence-corrected chi connectivity index (χ3v) is 5.73. The van der Waals surface area contributed by atoms with Crippen LogP contribution in [0.1, 0.15) is 76.8 Å². The second-order valence-corrected chi connectivity index (χ2v) is 8.10. The molecule has 1 unspecified atom stereocenters. The average Bonchev–Trinajstić information content (AvgIpc) is 2.51. The van der Waals surface area contributed by atoms with Crippen molar-refractivity contribution >= 4 is 0 Å². The lowest BCUT2D eigenvalue weighted by Gasteiger charge is -2.46. The average molecular weight is 350 g/mol. The summed E-state index contributed by atoms with van der Waals surface area (Å²) in [5.74, 6) is -2.36. The minimum absolute atomic E-state index is 0.0193. The monoisotopic (exact) mass is 350 g/mol. The number of alkyl halides is 2. The molecule has 2 aliphatic rings. The first-order chi connectivity index (χ1) is 11.7. The number of fused-ring (bicyclic) bond motifs is 3. The Morgan fingerprint density at radius 1 is 1.32 bits per heavy atom. The van der Waals surface area contributed by atoms with Gasteiger partial charge >= 0.3 is 0 Å². The predicted octanol–water partition coefficient (Wildman–Crippen LogP) is 6.29. The summed E-state index contributed by atoms with van der Waals surface area (Å²) in [7, 11) is 0. The molecule has 2 atom stereocenters. The van der Waals surface area contributed by atoms with Gasteiger partial charge in [0, 0.05) is 29.4 Å². The summed E-state index contributed by atoms with van der Waals surface area (Å²) in [6.45, 7) is 8.01. The van der Waals surface area contributed by atoms with E-state index in [9.17, 15) is 13.9 Å². The maximum absolute atomic E-state index is 14.5. The summed E-state index contributed by atoms with van der Waals surface area (Å²) in [6.07, 6.45) is 5.11. The number of phenolic OH excluding ortho intramolecular Hbond substituents is 1. The van der Waals surface area contributed by atoms with E-state index in [1.807, 2.05) is 20.8 Å². The Balaban J connectivity index is 2.08. The molecule has 1 N–H and O–H groups in total. The van der Waals surface area contributed by atoms with Crippen LogP contribution in [0.2, 0.25) is 0 Å². The van der Waals surface area contributed by atoms with Crippen LogP contribution in [0.5, 0.6) is 11.5 Å². The molecule has 1 aromatic carbocycles. The van der Waals surface area contributed by atoms with Crippen molar-refractivity contribution in [3.63, 3.8) is 0 Å². The number of aromatic hydroxyl groups is 1. The highest BCUT2D eigenvalue weighted by atomic mass is 19.3. The van der Waals surface area contributed by atoms with Crippen LogP contribution in [0.25, 0.3) is 0 Å². The van der Waals surface area contributed by atoms with E-state index < -0.39 is 11.5 Å². The summed E-state index contributed by atoms with van der Waals surface area (Å²) in [5, 5.41) is 10.6. The lowest BCUT2D eigenvalue weighted by Crippen LogP contribution is -2.45. The van der Waals surface area contributed by atoms with Crippen molar-refractivity contribution in [1.29, 1.82) is 0 Å². The summed E-state index contributed by atoms with van der Waals surface area (Å²) >= 11 is 0. The Morgan fingerprint density at radius 2 is 2.04 bits per heavy atom. The third kappa shape index (κ3) is 3.28. The fourth-order valence-electron chi connectivity index (χ4n) is 4.28. The van der Waals surface area contributed by atoms with Crippen LogP contribution in [-0.4, -0.2) is 10.7 Å². The predicted molar refractivity (Wildman–Crippen MR) is 95.5 cm³/mol. The zero-order valence-corrected chi connectivity index (χ0v) is 15.5. The summed E-state index contributed by atoms with van der Waals surface area (Å²) < 4.78 is 35.1. The van der Waals surface area contributed by atoms with E-state index >= 15 is 0 Å². The Kier molecular flexibility index (Phi) is 4.59. The van der Waals surface area contributed by atoms with Crippen molar-refractivity contribution in [3.8, 4) is 11.5 Å². The second kappa shape index (κ2) is 6.30. The van der Waals surface area contributed by atoms with Gasteiger partial charge in [0.05, 0.1) is 0 Å². The second-order valence-electron chi connectivity index (χ2n) is 8.10. The van der Waals surface area contributed by atoms with Crippen LogP contribution in [0, 0.1) is 5.92 Å².